The molecule has 0 unspecified atom stereocenters. The number of benzene rings is 2. The molecule has 0 aliphatic rings. The van der Waals surface area contributed by atoms with Crippen molar-refractivity contribution in [1.82, 2.24) is 15.5 Å². The zero-order valence-corrected chi connectivity index (χ0v) is 16.7. The van der Waals surface area contributed by atoms with E-state index in [1.807, 2.05) is 48.5 Å². The first kappa shape index (κ1) is 19.8. The minimum atomic E-state index is -0.390. The highest BCUT2D eigenvalue weighted by atomic mass is 32.2. The van der Waals surface area contributed by atoms with Crippen molar-refractivity contribution < 1.29 is 18.7 Å². The molecule has 1 heterocycles. The quantitative estimate of drug-likeness (QED) is 0.580. The summed E-state index contributed by atoms with van der Waals surface area (Å²) in [6, 6.07) is 14.9. The third kappa shape index (κ3) is 4.83. The van der Waals surface area contributed by atoms with E-state index in [2.05, 4.69) is 15.5 Å². The van der Waals surface area contributed by atoms with E-state index < -0.39 is 0 Å². The van der Waals surface area contributed by atoms with Crippen LogP contribution >= 0.6 is 11.8 Å². The van der Waals surface area contributed by atoms with Crippen LogP contribution in [0.5, 0.6) is 11.5 Å². The normalized spacial score (nSPS) is 11.7. The standard InChI is InChI=1S/C20H21N3O4S/c1-13(18(24)21-12-15-6-4-5-7-17(15)26-3)28-20-23-22-19(27-20)14-8-10-16(25-2)11-9-14/h4-11,13H,12H2,1-3H3,(H,21,24)/t13-/m1/s1. The van der Waals surface area contributed by atoms with Crippen molar-refractivity contribution in [1.29, 1.82) is 0 Å². The number of methoxy groups -OCH3 is 2. The molecule has 0 saturated heterocycles. The van der Waals surface area contributed by atoms with Crippen molar-refractivity contribution in [2.45, 2.75) is 23.9 Å². The number of nitrogens with one attached hydrogen (secondary N) is 1. The summed E-state index contributed by atoms with van der Waals surface area (Å²) in [5, 5.41) is 10.9. The van der Waals surface area contributed by atoms with Crippen molar-refractivity contribution in [2.75, 3.05) is 14.2 Å². The molecule has 7 nitrogen and oxygen atoms in total. The zero-order chi connectivity index (χ0) is 19.9. The fourth-order valence-corrected chi connectivity index (χ4v) is 3.20. The topological polar surface area (TPSA) is 86.5 Å². The molecule has 0 radical (unpaired) electrons. The summed E-state index contributed by atoms with van der Waals surface area (Å²) in [4.78, 5) is 12.4. The molecule has 0 aliphatic heterocycles. The lowest BCUT2D eigenvalue weighted by Gasteiger charge is -2.12. The van der Waals surface area contributed by atoms with E-state index >= 15 is 0 Å². The Bertz CT molecular complexity index is 927. The van der Waals surface area contributed by atoms with Crippen molar-refractivity contribution >= 4 is 17.7 Å². The molecule has 8 heteroatoms. The zero-order valence-electron chi connectivity index (χ0n) is 15.8. The third-order valence-electron chi connectivity index (χ3n) is 4.04. The van der Waals surface area contributed by atoms with E-state index in [-0.39, 0.29) is 11.2 Å². The fraction of sp³-hybridized carbons (Fsp3) is 0.250. The van der Waals surface area contributed by atoms with Crippen LogP contribution in [0, 0.1) is 0 Å². The lowest BCUT2D eigenvalue weighted by molar-refractivity contribution is -0.120. The van der Waals surface area contributed by atoms with E-state index in [1.165, 1.54) is 11.8 Å². The maximum absolute atomic E-state index is 12.4. The smallest absolute Gasteiger partial charge is 0.277 e. The van der Waals surface area contributed by atoms with Crippen molar-refractivity contribution in [3.63, 3.8) is 0 Å². The number of carbonyl (C=O) groups excluding carboxylic acids is 1. The van der Waals surface area contributed by atoms with Crippen molar-refractivity contribution in [2.24, 2.45) is 0 Å². The Morgan fingerprint density at radius 2 is 1.86 bits per heavy atom. The van der Waals surface area contributed by atoms with E-state index in [0.29, 0.717) is 17.7 Å². The predicted octanol–water partition coefficient (Wildman–Crippen LogP) is 3.55. The Hall–Kier alpha value is -3.00. The number of ether oxygens (including phenoxy) is 2. The summed E-state index contributed by atoms with van der Waals surface area (Å²) in [5.41, 5.74) is 1.70. The lowest BCUT2D eigenvalue weighted by Crippen LogP contribution is -2.30. The van der Waals surface area contributed by atoms with Gasteiger partial charge in [-0.2, -0.15) is 0 Å². The first-order valence-corrected chi connectivity index (χ1v) is 9.53. The SMILES string of the molecule is COc1ccc(-c2nnc(S[C@H](C)C(=O)NCc3ccccc3OC)o2)cc1. The summed E-state index contributed by atoms with van der Waals surface area (Å²) < 4.78 is 16.1. The highest BCUT2D eigenvalue weighted by Crippen LogP contribution is 2.27. The summed E-state index contributed by atoms with van der Waals surface area (Å²) in [5.74, 6) is 1.76. The minimum absolute atomic E-state index is 0.125. The number of hydrogen-bond donors (Lipinski definition) is 1. The molecule has 28 heavy (non-hydrogen) atoms. The van der Waals surface area contributed by atoms with Gasteiger partial charge in [0.05, 0.1) is 19.5 Å². The van der Waals surface area contributed by atoms with Gasteiger partial charge < -0.3 is 19.2 Å². The van der Waals surface area contributed by atoms with Gasteiger partial charge in [0.1, 0.15) is 11.5 Å². The van der Waals surface area contributed by atoms with Gasteiger partial charge in [-0.25, -0.2) is 0 Å². The molecule has 0 aliphatic carbocycles. The summed E-state index contributed by atoms with van der Waals surface area (Å²) in [6.07, 6.45) is 0. The van der Waals surface area contributed by atoms with Crippen LogP contribution in [-0.2, 0) is 11.3 Å². The largest absolute Gasteiger partial charge is 0.497 e. The van der Waals surface area contributed by atoms with Gasteiger partial charge in [0, 0.05) is 17.7 Å². The molecule has 1 aromatic heterocycles. The van der Waals surface area contributed by atoms with Crippen LogP contribution in [0.4, 0.5) is 0 Å². The molecule has 0 fully saturated rings. The second kappa shape index (κ2) is 9.27. The molecule has 1 amide bonds. The Balaban J connectivity index is 1.57. The molecule has 1 atom stereocenters. The molecule has 0 spiro atoms. The second-order valence-corrected chi connectivity index (χ2v) is 7.18. The highest BCUT2D eigenvalue weighted by molar-refractivity contribution is 8.00. The van der Waals surface area contributed by atoms with Gasteiger partial charge in [-0.15, -0.1) is 10.2 Å². The Morgan fingerprint density at radius 3 is 2.57 bits per heavy atom. The monoisotopic (exact) mass is 399 g/mol. The van der Waals surface area contributed by atoms with Crippen LogP contribution in [0.2, 0.25) is 0 Å². The van der Waals surface area contributed by atoms with E-state index in [0.717, 1.165) is 22.6 Å². The van der Waals surface area contributed by atoms with Crippen molar-refractivity contribution in [3.8, 4) is 23.0 Å². The maximum Gasteiger partial charge on any atom is 0.277 e. The number of aromatic nitrogens is 2. The number of para-hydroxylation sites is 1. The molecular formula is C20H21N3O4S. The van der Waals surface area contributed by atoms with Crippen LogP contribution in [0.1, 0.15) is 12.5 Å². The van der Waals surface area contributed by atoms with Gasteiger partial charge in [-0.3, -0.25) is 4.79 Å². The highest BCUT2D eigenvalue weighted by Gasteiger charge is 2.19. The van der Waals surface area contributed by atoms with Crippen molar-refractivity contribution in [3.05, 3.63) is 54.1 Å². The van der Waals surface area contributed by atoms with E-state index in [4.69, 9.17) is 13.9 Å². The van der Waals surface area contributed by atoms with E-state index in [1.54, 1.807) is 21.1 Å². The average molecular weight is 399 g/mol. The molecule has 0 bridgehead atoms. The molecule has 2 aromatic carbocycles. The van der Waals surface area contributed by atoms with Gasteiger partial charge in [-0.05, 0) is 37.3 Å². The average Bonchev–Trinajstić information content (AvgIpc) is 3.20. The van der Waals surface area contributed by atoms with E-state index in [9.17, 15) is 4.79 Å². The maximum atomic E-state index is 12.4. The summed E-state index contributed by atoms with van der Waals surface area (Å²) >= 11 is 1.21. The number of hydrogen-bond acceptors (Lipinski definition) is 7. The first-order valence-electron chi connectivity index (χ1n) is 8.65. The molecule has 3 aromatic rings. The third-order valence-corrected chi connectivity index (χ3v) is 4.97. The Labute approximate surface area is 167 Å². The van der Waals surface area contributed by atoms with Gasteiger partial charge in [-0.1, -0.05) is 30.0 Å². The molecular weight excluding hydrogens is 378 g/mol. The Morgan fingerprint density at radius 1 is 1.11 bits per heavy atom. The lowest BCUT2D eigenvalue weighted by atomic mass is 10.2. The van der Waals surface area contributed by atoms with Gasteiger partial charge in [0.15, 0.2) is 0 Å². The van der Waals surface area contributed by atoms with Crippen LogP contribution in [-0.4, -0.2) is 35.6 Å². The molecule has 1 N–H and O–H groups in total. The van der Waals surface area contributed by atoms with Crippen LogP contribution < -0.4 is 14.8 Å². The van der Waals surface area contributed by atoms with Gasteiger partial charge >= 0.3 is 0 Å². The van der Waals surface area contributed by atoms with Crippen LogP contribution in [0.15, 0.2) is 58.2 Å². The van der Waals surface area contributed by atoms with Crippen LogP contribution in [0.3, 0.4) is 0 Å². The summed E-state index contributed by atoms with van der Waals surface area (Å²) in [6.45, 7) is 2.17. The van der Waals surface area contributed by atoms with Crippen LogP contribution in [0.25, 0.3) is 11.5 Å². The number of amides is 1. The predicted molar refractivity (Wildman–Crippen MR) is 106 cm³/mol. The number of rotatable bonds is 8. The van der Waals surface area contributed by atoms with Gasteiger partial charge in [0.2, 0.25) is 11.8 Å². The number of thioether (sulfide) groups is 1. The molecule has 146 valence electrons. The number of carbonyl (C=O) groups is 1. The Kier molecular flexibility index (Phi) is 6.54. The minimum Gasteiger partial charge on any atom is -0.497 e. The first-order chi connectivity index (χ1) is 13.6. The second-order valence-electron chi connectivity index (χ2n) is 5.89. The van der Waals surface area contributed by atoms with Gasteiger partial charge in [0.25, 0.3) is 5.22 Å². The molecule has 3 rings (SSSR count). The number of nitrogens with zero attached hydrogens (tertiary/aromatic N) is 2. The summed E-state index contributed by atoms with van der Waals surface area (Å²) in [7, 11) is 3.21. The molecule has 0 saturated carbocycles. The fourth-order valence-electron chi connectivity index (χ4n) is 2.49.